The fourth-order valence-corrected chi connectivity index (χ4v) is 4.49. The van der Waals surface area contributed by atoms with E-state index in [4.69, 9.17) is 5.26 Å². The van der Waals surface area contributed by atoms with Crippen molar-refractivity contribution in [1.82, 2.24) is 0 Å². The average Bonchev–Trinajstić information content (AvgIpc) is 3.55. The molecule has 2 heteroatoms. The van der Waals surface area contributed by atoms with Crippen LogP contribution in [0.5, 0.6) is 0 Å². The van der Waals surface area contributed by atoms with Gasteiger partial charge in [-0.1, -0.05) is 132 Å². The summed E-state index contributed by atoms with van der Waals surface area (Å²) < 4.78 is 0. The van der Waals surface area contributed by atoms with Crippen molar-refractivity contribution in [3.8, 4) is 6.07 Å². The maximum atomic E-state index is 8.90. The molecule has 0 radical (unpaired) electrons. The predicted octanol–water partition coefficient (Wildman–Crippen LogP) is 11.5. The van der Waals surface area contributed by atoms with Gasteiger partial charge in [0, 0.05) is 4.88 Å². The largest absolute Gasteiger partial charge is 0.192 e. The van der Waals surface area contributed by atoms with E-state index in [0.717, 1.165) is 30.2 Å². The lowest BCUT2D eigenvalue weighted by Crippen LogP contribution is -2.06. The van der Waals surface area contributed by atoms with Crippen LogP contribution in [-0.2, 0) is 12.8 Å². The summed E-state index contributed by atoms with van der Waals surface area (Å²) >= 11 is 1.85. The summed E-state index contributed by atoms with van der Waals surface area (Å²) in [6, 6.07) is 14.4. The van der Waals surface area contributed by atoms with Crippen LogP contribution >= 0.6 is 11.3 Å². The lowest BCUT2D eigenvalue weighted by Gasteiger charge is -2.17. The van der Waals surface area contributed by atoms with Crippen LogP contribution in [0.15, 0.2) is 41.8 Å². The molecule has 35 heavy (non-hydrogen) atoms. The Bertz CT molecular complexity index is 725. The van der Waals surface area contributed by atoms with Gasteiger partial charge in [-0.3, -0.25) is 0 Å². The normalized spacial score (nSPS) is 12.5. The minimum absolute atomic E-state index is 0.336. The molecular weight excluding hydrogens is 442 g/mol. The molecule has 2 aromatic rings. The Morgan fingerprint density at radius 3 is 1.91 bits per heavy atom. The average molecular weight is 500 g/mol. The Hall–Kier alpha value is -1.59. The second-order valence-electron chi connectivity index (χ2n) is 10.7. The third-order valence-electron chi connectivity index (χ3n) is 5.70. The van der Waals surface area contributed by atoms with Crippen LogP contribution in [0.1, 0.15) is 130 Å². The molecule has 0 N–H and O–H groups in total. The Labute approximate surface area is 224 Å². The van der Waals surface area contributed by atoms with Crippen molar-refractivity contribution in [2.24, 2.45) is 17.3 Å². The molecule has 1 aliphatic carbocycles. The Balaban J connectivity index is 0. The van der Waals surface area contributed by atoms with Gasteiger partial charge in [0.25, 0.3) is 0 Å². The number of hydrogen-bond donors (Lipinski definition) is 0. The summed E-state index contributed by atoms with van der Waals surface area (Å²) in [5.41, 5.74) is 2.32. The molecule has 1 nitrogen and oxygen atoms in total. The van der Waals surface area contributed by atoms with Crippen molar-refractivity contribution in [1.29, 1.82) is 5.26 Å². The Kier molecular flexibility index (Phi) is 23.2. The number of hydrogen-bond acceptors (Lipinski definition) is 2. The van der Waals surface area contributed by atoms with Crippen LogP contribution in [0.3, 0.4) is 0 Å². The highest BCUT2D eigenvalue weighted by atomic mass is 32.1. The van der Waals surface area contributed by atoms with Gasteiger partial charge < -0.3 is 0 Å². The van der Waals surface area contributed by atoms with Gasteiger partial charge in [-0.2, -0.15) is 5.26 Å². The fraction of sp³-hybridized carbons (Fsp3) is 0.667. The summed E-state index contributed by atoms with van der Waals surface area (Å²) in [6.45, 7) is 21.8. The van der Waals surface area contributed by atoms with Crippen molar-refractivity contribution in [2.45, 2.75) is 127 Å². The molecule has 0 bridgehead atoms. The number of nitriles is 1. The summed E-state index contributed by atoms with van der Waals surface area (Å²) in [5, 5.41) is 11.0. The number of thiophene rings is 1. The van der Waals surface area contributed by atoms with E-state index in [1.807, 2.05) is 49.4 Å². The zero-order chi connectivity index (χ0) is 27.1. The summed E-state index contributed by atoms with van der Waals surface area (Å²) in [7, 11) is 0. The molecule has 0 amide bonds. The SMILES string of the molecule is CC.CC(C)(C)CCc1ccccc1C#N.CC(C)C1CCCC1.CCC.CCCc1cccs1. The molecular formula is C33H57NS. The van der Waals surface area contributed by atoms with Gasteiger partial charge >= 0.3 is 0 Å². The highest BCUT2D eigenvalue weighted by Crippen LogP contribution is 2.30. The van der Waals surface area contributed by atoms with E-state index in [2.05, 4.69) is 79.0 Å². The van der Waals surface area contributed by atoms with Gasteiger partial charge in [-0.05, 0) is 59.6 Å². The van der Waals surface area contributed by atoms with Crippen molar-refractivity contribution in [3.05, 3.63) is 57.8 Å². The van der Waals surface area contributed by atoms with E-state index in [0.29, 0.717) is 5.41 Å². The molecule has 0 atom stereocenters. The lowest BCUT2D eigenvalue weighted by molar-refractivity contribution is 0.378. The van der Waals surface area contributed by atoms with E-state index in [1.54, 1.807) is 0 Å². The van der Waals surface area contributed by atoms with Gasteiger partial charge in [0.15, 0.2) is 0 Å². The highest BCUT2D eigenvalue weighted by Gasteiger charge is 2.17. The maximum absolute atomic E-state index is 8.90. The van der Waals surface area contributed by atoms with E-state index < -0.39 is 0 Å². The monoisotopic (exact) mass is 499 g/mol. The molecule has 200 valence electrons. The number of nitrogens with zero attached hydrogens (tertiary/aromatic N) is 1. The molecule has 0 aliphatic heterocycles. The predicted molar refractivity (Wildman–Crippen MR) is 161 cm³/mol. The molecule has 0 spiro atoms. The topological polar surface area (TPSA) is 23.8 Å². The second-order valence-corrected chi connectivity index (χ2v) is 11.7. The van der Waals surface area contributed by atoms with E-state index in [9.17, 15) is 0 Å². The van der Waals surface area contributed by atoms with Gasteiger partial charge in [-0.25, -0.2) is 0 Å². The van der Waals surface area contributed by atoms with Gasteiger partial charge in [0.05, 0.1) is 11.6 Å². The molecule has 1 aliphatic rings. The number of aryl methyl sites for hydroxylation is 2. The van der Waals surface area contributed by atoms with Crippen molar-refractivity contribution < 1.29 is 0 Å². The number of rotatable bonds is 5. The Morgan fingerprint density at radius 2 is 1.51 bits per heavy atom. The molecule has 0 unspecified atom stereocenters. The van der Waals surface area contributed by atoms with Crippen LogP contribution in [0.25, 0.3) is 0 Å². The summed E-state index contributed by atoms with van der Waals surface area (Å²) in [4.78, 5) is 1.51. The second kappa shape index (κ2) is 22.8. The third kappa shape index (κ3) is 20.3. The zero-order valence-electron chi connectivity index (χ0n) is 24.9. The van der Waals surface area contributed by atoms with Gasteiger partial charge in [0.1, 0.15) is 0 Å². The van der Waals surface area contributed by atoms with Gasteiger partial charge in [-0.15, -0.1) is 11.3 Å². The van der Waals surface area contributed by atoms with Crippen molar-refractivity contribution in [2.75, 3.05) is 0 Å². The first kappa shape index (κ1) is 35.6. The van der Waals surface area contributed by atoms with Crippen molar-refractivity contribution in [3.63, 3.8) is 0 Å². The third-order valence-corrected chi connectivity index (χ3v) is 6.64. The van der Waals surface area contributed by atoms with E-state index in [-0.39, 0.29) is 0 Å². The Morgan fingerprint density at radius 1 is 0.943 bits per heavy atom. The lowest BCUT2D eigenvalue weighted by atomic mass is 9.88. The van der Waals surface area contributed by atoms with Crippen LogP contribution in [-0.4, -0.2) is 0 Å². The fourth-order valence-electron chi connectivity index (χ4n) is 3.68. The minimum atomic E-state index is 0.336. The maximum Gasteiger partial charge on any atom is 0.0994 e. The molecule has 1 heterocycles. The summed E-state index contributed by atoms with van der Waals surface area (Å²) in [5.74, 6) is 2.01. The van der Waals surface area contributed by atoms with Crippen LogP contribution in [0, 0.1) is 28.6 Å². The molecule has 0 saturated heterocycles. The van der Waals surface area contributed by atoms with E-state index >= 15 is 0 Å². The number of benzene rings is 1. The zero-order valence-corrected chi connectivity index (χ0v) is 25.7. The van der Waals surface area contributed by atoms with Crippen molar-refractivity contribution >= 4 is 11.3 Å². The smallest absolute Gasteiger partial charge is 0.0994 e. The quantitative estimate of drug-likeness (QED) is 0.401. The first-order chi connectivity index (χ1) is 16.7. The van der Waals surface area contributed by atoms with Crippen LogP contribution < -0.4 is 0 Å². The highest BCUT2D eigenvalue weighted by molar-refractivity contribution is 7.09. The standard InChI is InChI=1S/C13H17N.C8H16.C7H10S.C3H8.C2H6/c1-13(2,3)9-8-11-6-4-5-7-12(11)10-14;1-7(2)8-5-3-4-6-8;1-2-4-7-5-3-6-8-7;1-3-2;1-2/h4-7H,8-9H2,1-3H3;7-8H,3-6H2,1-2H3;3,5-6H,2,4H2,1H3;3H2,1-2H3;1-2H3. The summed E-state index contributed by atoms with van der Waals surface area (Å²) in [6.07, 6.45) is 11.8. The first-order valence-electron chi connectivity index (χ1n) is 14.2. The molecule has 1 aromatic heterocycles. The van der Waals surface area contributed by atoms with Crippen LogP contribution in [0.4, 0.5) is 0 Å². The molecule has 1 saturated carbocycles. The first-order valence-corrected chi connectivity index (χ1v) is 15.1. The minimum Gasteiger partial charge on any atom is -0.192 e. The van der Waals surface area contributed by atoms with E-state index in [1.165, 1.54) is 55.4 Å². The molecule has 3 rings (SSSR count). The molecule has 1 fully saturated rings. The molecule has 1 aromatic carbocycles. The van der Waals surface area contributed by atoms with Gasteiger partial charge in [0.2, 0.25) is 0 Å². The van der Waals surface area contributed by atoms with Crippen LogP contribution in [0.2, 0.25) is 0 Å².